The van der Waals surface area contributed by atoms with Crippen LogP contribution in [0.1, 0.15) is 24.8 Å². The summed E-state index contributed by atoms with van der Waals surface area (Å²) in [5.41, 5.74) is 1.62. The molecule has 1 fully saturated rings. The van der Waals surface area contributed by atoms with Gasteiger partial charge in [-0.05, 0) is 43.5 Å². The van der Waals surface area contributed by atoms with Crippen LogP contribution in [0, 0.1) is 5.92 Å². The average molecular weight is 427 g/mol. The van der Waals surface area contributed by atoms with Gasteiger partial charge in [-0.1, -0.05) is 30.3 Å². The molecule has 2 heterocycles. The van der Waals surface area contributed by atoms with Gasteiger partial charge in [0.1, 0.15) is 5.84 Å². The van der Waals surface area contributed by atoms with E-state index in [1.54, 1.807) is 30.3 Å². The van der Waals surface area contributed by atoms with E-state index in [1.807, 2.05) is 24.3 Å². The van der Waals surface area contributed by atoms with Gasteiger partial charge in [-0.2, -0.15) is 4.31 Å². The van der Waals surface area contributed by atoms with E-state index in [-0.39, 0.29) is 11.8 Å². The number of nitrogens with zero attached hydrogens (tertiary/aromatic N) is 2. The lowest BCUT2D eigenvalue weighted by Crippen LogP contribution is -2.41. The van der Waals surface area contributed by atoms with Crippen molar-refractivity contribution in [2.45, 2.75) is 24.2 Å². The van der Waals surface area contributed by atoms with Crippen LogP contribution in [0.25, 0.3) is 0 Å². The van der Waals surface area contributed by atoms with Crippen LogP contribution in [0.2, 0.25) is 0 Å². The van der Waals surface area contributed by atoms with Crippen molar-refractivity contribution in [1.29, 1.82) is 0 Å². The molecular formula is C22H26N4O3S. The number of amidine groups is 1. The van der Waals surface area contributed by atoms with E-state index in [0.717, 1.165) is 36.6 Å². The second-order valence-electron chi connectivity index (χ2n) is 7.54. The molecular weight excluding hydrogens is 400 g/mol. The van der Waals surface area contributed by atoms with Gasteiger partial charge < -0.3 is 10.6 Å². The number of benzene rings is 2. The fourth-order valence-corrected chi connectivity index (χ4v) is 5.34. The molecule has 4 rings (SSSR count). The first kappa shape index (κ1) is 20.6. The summed E-state index contributed by atoms with van der Waals surface area (Å²) in [7, 11) is -3.51. The molecule has 0 aromatic heterocycles. The minimum atomic E-state index is -3.51. The highest BCUT2D eigenvalue weighted by atomic mass is 32.2. The molecule has 0 unspecified atom stereocenters. The SMILES string of the molecule is O=C(Nc1ccccc1C1=NCCCN1)C1CCN(S(=O)(=O)c2ccccc2)CC1. The van der Waals surface area contributed by atoms with Gasteiger partial charge in [-0.3, -0.25) is 9.79 Å². The molecule has 0 bridgehead atoms. The summed E-state index contributed by atoms with van der Waals surface area (Å²) < 4.78 is 27.0. The first-order chi connectivity index (χ1) is 14.6. The zero-order valence-electron chi connectivity index (χ0n) is 16.8. The van der Waals surface area contributed by atoms with Gasteiger partial charge in [0.2, 0.25) is 15.9 Å². The minimum absolute atomic E-state index is 0.0735. The summed E-state index contributed by atoms with van der Waals surface area (Å²) in [4.78, 5) is 17.7. The van der Waals surface area contributed by atoms with E-state index >= 15 is 0 Å². The zero-order valence-corrected chi connectivity index (χ0v) is 17.6. The number of carbonyl (C=O) groups excluding carboxylic acids is 1. The lowest BCUT2D eigenvalue weighted by atomic mass is 9.97. The number of hydrogen-bond donors (Lipinski definition) is 2. The van der Waals surface area contributed by atoms with Crippen molar-refractivity contribution in [3.63, 3.8) is 0 Å². The highest BCUT2D eigenvalue weighted by Crippen LogP contribution is 2.25. The van der Waals surface area contributed by atoms with Crippen LogP contribution in [0.3, 0.4) is 0 Å². The topological polar surface area (TPSA) is 90.9 Å². The van der Waals surface area contributed by atoms with Crippen molar-refractivity contribution >= 4 is 27.5 Å². The number of sulfonamides is 1. The number of amides is 1. The summed E-state index contributed by atoms with van der Waals surface area (Å²) in [6.07, 6.45) is 2.00. The fraction of sp³-hybridized carbons (Fsp3) is 0.364. The lowest BCUT2D eigenvalue weighted by molar-refractivity contribution is -0.120. The molecule has 7 nitrogen and oxygen atoms in total. The quantitative estimate of drug-likeness (QED) is 0.768. The number of aliphatic imine (C=N–C) groups is 1. The van der Waals surface area contributed by atoms with E-state index in [0.29, 0.717) is 30.8 Å². The van der Waals surface area contributed by atoms with Crippen LogP contribution in [-0.2, 0) is 14.8 Å². The molecule has 158 valence electrons. The third-order valence-corrected chi connectivity index (χ3v) is 7.46. The second kappa shape index (κ2) is 8.97. The van der Waals surface area contributed by atoms with Gasteiger partial charge in [0.15, 0.2) is 0 Å². The molecule has 0 saturated carbocycles. The van der Waals surface area contributed by atoms with E-state index in [4.69, 9.17) is 0 Å². The maximum absolute atomic E-state index is 12.9. The van der Waals surface area contributed by atoms with Crippen molar-refractivity contribution in [2.75, 3.05) is 31.5 Å². The Balaban J connectivity index is 1.41. The Labute approximate surface area is 177 Å². The van der Waals surface area contributed by atoms with Crippen molar-refractivity contribution in [2.24, 2.45) is 10.9 Å². The predicted octanol–water partition coefficient (Wildman–Crippen LogP) is 2.47. The van der Waals surface area contributed by atoms with Gasteiger partial charge in [-0.15, -0.1) is 0 Å². The second-order valence-corrected chi connectivity index (χ2v) is 9.47. The average Bonchev–Trinajstić information content (AvgIpc) is 2.80. The van der Waals surface area contributed by atoms with Crippen molar-refractivity contribution < 1.29 is 13.2 Å². The Morgan fingerprint density at radius 3 is 2.43 bits per heavy atom. The fourth-order valence-electron chi connectivity index (χ4n) is 3.85. The van der Waals surface area contributed by atoms with Crippen LogP contribution < -0.4 is 10.6 Å². The van der Waals surface area contributed by atoms with Gasteiger partial charge in [0.05, 0.1) is 10.6 Å². The predicted molar refractivity (Wildman–Crippen MR) is 117 cm³/mol. The van der Waals surface area contributed by atoms with E-state index in [2.05, 4.69) is 15.6 Å². The monoisotopic (exact) mass is 426 g/mol. The van der Waals surface area contributed by atoms with E-state index < -0.39 is 10.0 Å². The third kappa shape index (κ3) is 4.39. The Hall–Kier alpha value is -2.71. The number of nitrogens with one attached hydrogen (secondary N) is 2. The lowest BCUT2D eigenvalue weighted by Gasteiger charge is -2.30. The Morgan fingerprint density at radius 1 is 1.03 bits per heavy atom. The smallest absolute Gasteiger partial charge is 0.243 e. The van der Waals surface area contributed by atoms with Crippen molar-refractivity contribution in [3.05, 3.63) is 60.2 Å². The molecule has 1 saturated heterocycles. The summed E-state index contributed by atoms with van der Waals surface area (Å²) in [5, 5.41) is 6.33. The standard InChI is InChI=1S/C22H26N4O3S/c27-22(25-20-10-5-4-9-19(20)21-23-13-6-14-24-21)17-11-15-26(16-12-17)30(28,29)18-7-2-1-3-8-18/h1-5,7-10,17H,6,11-16H2,(H,23,24)(H,25,27). The van der Waals surface area contributed by atoms with Crippen LogP contribution in [0.15, 0.2) is 64.5 Å². The molecule has 2 aliphatic heterocycles. The number of carbonyl (C=O) groups is 1. The van der Waals surface area contributed by atoms with Crippen LogP contribution in [0.4, 0.5) is 5.69 Å². The number of piperidine rings is 1. The summed E-state index contributed by atoms with van der Waals surface area (Å²) in [5.74, 6) is 0.512. The molecule has 8 heteroatoms. The first-order valence-corrected chi connectivity index (χ1v) is 11.7. The van der Waals surface area contributed by atoms with E-state index in [1.165, 1.54) is 4.31 Å². The molecule has 2 N–H and O–H groups in total. The summed E-state index contributed by atoms with van der Waals surface area (Å²) in [6.45, 7) is 2.32. The zero-order chi connectivity index (χ0) is 21.0. The molecule has 0 spiro atoms. The number of rotatable bonds is 5. The molecule has 0 radical (unpaired) electrons. The Kier molecular flexibility index (Phi) is 6.15. The van der Waals surface area contributed by atoms with Gasteiger partial charge in [0, 0.05) is 37.7 Å². The molecule has 1 amide bonds. The maximum atomic E-state index is 12.9. The summed E-state index contributed by atoms with van der Waals surface area (Å²) >= 11 is 0. The summed E-state index contributed by atoms with van der Waals surface area (Å²) in [6, 6.07) is 16.1. The highest BCUT2D eigenvalue weighted by molar-refractivity contribution is 7.89. The molecule has 30 heavy (non-hydrogen) atoms. The molecule has 0 aliphatic carbocycles. The van der Waals surface area contributed by atoms with Crippen molar-refractivity contribution in [1.82, 2.24) is 9.62 Å². The first-order valence-electron chi connectivity index (χ1n) is 10.3. The minimum Gasteiger partial charge on any atom is -0.370 e. The molecule has 2 aromatic carbocycles. The third-order valence-electron chi connectivity index (χ3n) is 5.54. The Bertz CT molecular complexity index is 1030. The Morgan fingerprint density at radius 2 is 1.73 bits per heavy atom. The van der Waals surface area contributed by atoms with Gasteiger partial charge in [0.25, 0.3) is 0 Å². The van der Waals surface area contributed by atoms with Gasteiger partial charge in [-0.25, -0.2) is 8.42 Å². The normalized spacial score (nSPS) is 18.3. The highest BCUT2D eigenvalue weighted by Gasteiger charge is 2.32. The van der Waals surface area contributed by atoms with E-state index in [9.17, 15) is 13.2 Å². The number of anilines is 1. The maximum Gasteiger partial charge on any atom is 0.243 e. The van der Waals surface area contributed by atoms with Crippen LogP contribution >= 0.6 is 0 Å². The number of para-hydroxylation sites is 1. The number of hydrogen-bond acceptors (Lipinski definition) is 5. The molecule has 2 aromatic rings. The van der Waals surface area contributed by atoms with Crippen LogP contribution in [0.5, 0.6) is 0 Å². The largest absolute Gasteiger partial charge is 0.370 e. The molecule has 2 aliphatic rings. The van der Waals surface area contributed by atoms with Crippen LogP contribution in [-0.4, -0.2) is 50.6 Å². The molecule has 0 atom stereocenters. The van der Waals surface area contributed by atoms with Gasteiger partial charge >= 0.3 is 0 Å². The van der Waals surface area contributed by atoms with Crippen molar-refractivity contribution in [3.8, 4) is 0 Å².